The molecule has 2 N–H and O–H groups in total. The van der Waals surface area contributed by atoms with Crippen molar-refractivity contribution in [1.29, 1.82) is 0 Å². The van der Waals surface area contributed by atoms with Crippen LogP contribution in [-0.4, -0.2) is 36.7 Å². The Morgan fingerprint density at radius 3 is 2.65 bits per heavy atom. The molecule has 4 aliphatic rings. The molecule has 1 heterocycles. The molecule has 1 spiro atoms. The molecule has 5 unspecified atom stereocenters. The second kappa shape index (κ2) is 6.89. The fourth-order valence-electron chi connectivity index (χ4n) is 5.43. The van der Waals surface area contributed by atoms with Crippen LogP contribution in [0.5, 0.6) is 0 Å². The average molecular weight is 343 g/mol. The van der Waals surface area contributed by atoms with Crippen molar-refractivity contribution in [3.05, 3.63) is 0 Å². The highest BCUT2D eigenvalue weighted by atomic mass is 35.5. The number of rotatable bonds is 4. The van der Waals surface area contributed by atoms with Crippen molar-refractivity contribution in [3.63, 3.8) is 0 Å². The lowest BCUT2D eigenvalue weighted by atomic mass is 9.51. The van der Waals surface area contributed by atoms with E-state index < -0.39 is 0 Å². The van der Waals surface area contributed by atoms with Gasteiger partial charge in [-0.1, -0.05) is 19.3 Å². The molecular weight excluding hydrogens is 312 g/mol. The van der Waals surface area contributed by atoms with E-state index in [0.717, 1.165) is 25.4 Å². The molecule has 23 heavy (non-hydrogen) atoms. The van der Waals surface area contributed by atoms with Crippen molar-refractivity contribution in [3.8, 4) is 0 Å². The van der Waals surface area contributed by atoms with Crippen LogP contribution in [0.2, 0.25) is 0 Å². The zero-order valence-electron chi connectivity index (χ0n) is 14.2. The minimum Gasteiger partial charge on any atom is -0.378 e. The summed E-state index contributed by atoms with van der Waals surface area (Å²) in [5, 5.41) is 6.97. The lowest BCUT2D eigenvalue weighted by Crippen LogP contribution is -2.68. The van der Waals surface area contributed by atoms with E-state index >= 15 is 0 Å². The van der Waals surface area contributed by atoms with E-state index in [2.05, 4.69) is 17.6 Å². The minimum atomic E-state index is 0. The molecule has 0 aromatic heterocycles. The number of hydrogen-bond acceptors (Lipinski definition) is 3. The molecule has 1 amide bonds. The van der Waals surface area contributed by atoms with Gasteiger partial charge < -0.3 is 15.4 Å². The number of carbonyl (C=O) groups is 1. The highest BCUT2D eigenvalue weighted by molar-refractivity contribution is 5.85. The van der Waals surface area contributed by atoms with Gasteiger partial charge in [-0.3, -0.25) is 4.79 Å². The number of ether oxygens (including phenoxy) is 1. The van der Waals surface area contributed by atoms with Gasteiger partial charge in [0.15, 0.2) is 0 Å². The summed E-state index contributed by atoms with van der Waals surface area (Å²) in [5.74, 6) is 0.986. The molecule has 4 rings (SSSR count). The lowest BCUT2D eigenvalue weighted by molar-refractivity contribution is -0.176. The maximum atomic E-state index is 12.7. The Morgan fingerprint density at radius 1 is 1.22 bits per heavy atom. The van der Waals surface area contributed by atoms with Gasteiger partial charge in [0, 0.05) is 24.1 Å². The van der Waals surface area contributed by atoms with E-state index in [9.17, 15) is 4.79 Å². The Hall–Kier alpha value is -0.320. The summed E-state index contributed by atoms with van der Waals surface area (Å²) in [7, 11) is 0. The number of amides is 1. The van der Waals surface area contributed by atoms with E-state index in [0.29, 0.717) is 18.2 Å². The molecule has 4 fully saturated rings. The maximum Gasteiger partial charge on any atom is 0.237 e. The van der Waals surface area contributed by atoms with Crippen LogP contribution in [-0.2, 0) is 9.53 Å². The number of hydrogen-bond donors (Lipinski definition) is 2. The monoisotopic (exact) mass is 342 g/mol. The molecule has 0 radical (unpaired) electrons. The third-order valence-electron chi connectivity index (χ3n) is 6.93. The van der Waals surface area contributed by atoms with E-state index in [1.165, 1.54) is 44.9 Å². The molecule has 0 aromatic carbocycles. The van der Waals surface area contributed by atoms with Gasteiger partial charge in [-0.2, -0.15) is 0 Å². The van der Waals surface area contributed by atoms with Gasteiger partial charge in [0.1, 0.15) is 0 Å². The van der Waals surface area contributed by atoms with Crippen LogP contribution in [0.1, 0.15) is 64.7 Å². The van der Waals surface area contributed by atoms with E-state index in [4.69, 9.17) is 4.74 Å². The smallest absolute Gasteiger partial charge is 0.237 e. The first-order chi connectivity index (χ1) is 10.7. The standard InChI is InChI=1S/C18H30N2O2.ClH/c1-2-22-16-11-15(18(16)8-5-9-18)20-17(21)14-10-12-6-3-4-7-13(12)19-14;/h12-16,19H,2-11H2,1H3,(H,20,21);1H. The van der Waals surface area contributed by atoms with Crippen LogP contribution in [0.3, 0.4) is 0 Å². The molecule has 132 valence electrons. The molecule has 4 nitrogen and oxygen atoms in total. The fourth-order valence-corrected chi connectivity index (χ4v) is 5.43. The number of carbonyl (C=O) groups excluding carboxylic acids is 1. The quantitative estimate of drug-likeness (QED) is 0.826. The summed E-state index contributed by atoms with van der Waals surface area (Å²) >= 11 is 0. The molecular formula is C18H31ClN2O2. The predicted molar refractivity (Wildman–Crippen MR) is 92.8 cm³/mol. The van der Waals surface area contributed by atoms with E-state index in [1.807, 2.05) is 0 Å². The largest absolute Gasteiger partial charge is 0.378 e. The number of fused-ring (bicyclic) bond motifs is 1. The van der Waals surface area contributed by atoms with Crippen LogP contribution in [0.15, 0.2) is 0 Å². The second-order valence-electron chi connectivity index (χ2n) is 7.93. The average Bonchev–Trinajstić information content (AvgIpc) is 2.88. The lowest BCUT2D eigenvalue weighted by Gasteiger charge is -2.61. The van der Waals surface area contributed by atoms with Crippen molar-refractivity contribution in [2.24, 2.45) is 11.3 Å². The Balaban J connectivity index is 0.00000156. The molecule has 0 bridgehead atoms. The van der Waals surface area contributed by atoms with Gasteiger partial charge in [-0.05, 0) is 51.4 Å². The number of halogens is 1. The first-order valence-corrected chi connectivity index (χ1v) is 9.41. The van der Waals surface area contributed by atoms with E-state index in [1.54, 1.807) is 0 Å². The van der Waals surface area contributed by atoms with Crippen molar-refractivity contribution >= 4 is 18.3 Å². The van der Waals surface area contributed by atoms with Crippen LogP contribution >= 0.6 is 12.4 Å². The summed E-state index contributed by atoms with van der Waals surface area (Å²) in [6.07, 6.45) is 11.4. The van der Waals surface area contributed by atoms with Crippen molar-refractivity contribution in [2.75, 3.05) is 6.61 Å². The molecule has 0 aromatic rings. The van der Waals surface area contributed by atoms with Crippen LogP contribution in [0, 0.1) is 11.3 Å². The van der Waals surface area contributed by atoms with Crippen molar-refractivity contribution in [2.45, 2.75) is 88.9 Å². The van der Waals surface area contributed by atoms with Crippen LogP contribution in [0.25, 0.3) is 0 Å². The fraction of sp³-hybridized carbons (Fsp3) is 0.944. The summed E-state index contributed by atoms with van der Waals surface area (Å²) < 4.78 is 5.88. The molecule has 3 aliphatic carbocycles. The first kappa shape index (κ1) is 17.5. The molecule has 5 heteroatoms. The van der Waals surface area contributed by atoms with Gasteiger partial charge in [-0.15, -0.1) is 12.4 Å². The van der Waals surface area contributed by atoms with E-state index in [-0.39, 0.29) is 29.8 Å². The highest BCUT2D eigenvalue weighted by Crippen LogP contribution is 2.57. The topological polar surface area (TPSA) is 50.4 Å². The Bertz CT molecular complexity index is 427. The van der Waals surface area contributed by atoms with Crippen LogP contribution < -0.4 is 10.6 Å². The Morgan fingerprint density at radius 2 is 2.00 bits per heavy atom. The predicted octanol–water partition coefficient (Wildman–Crippen LogP) is 2.79. The molecule has 3 saturated carbocycles. The highest BCUT2D eigenvalue weighted by Gasteiger charge is 2.59. The van der Waals surface area contributed by atoms with Gasteiger partial charge in [0.2, 0.25) is 5.91 Å². The Labute approximate surface area is 145 Å². The van der Waals surface area contributed by atoms with Crippen molar-refractivity contribution in [1.82, 2.24) is 10.6 Å². The molecule has 1 saturated heterocycles. The SMILES string of the molecule is CCOC1CC(NC(=O)C2CC3CCCCC3N2)C12CCC2.Cl. The third kappa shape index (κ3) is 2.91. The molecule has 1 aliphatic heterocycles. The second-order valence-corrected chi connectivity index (χ2v) is 7.93. The Kier molecular flexibility index (Phi) is 5.24. The van der Waals surface area contributed by atoms with Gasteiger partial charge in [-0.25, -0.2) is 0 Å². The third-order valence-corrected chi connectivity index (χ3v) is 6.93. The summed E-state index contributed by atoms with van der Waals surface area (Å²) in [6, 6.07) is 1.01. The van der Waals surface area contributed by atoms with Crippen LogP contribution in [0.4, 0.5) is 0 Å². The van der Waals surface area contributed by atoms with Gasteiger partial charge in [0.05, 0.1) is 12.1 Å². The van der Waals surface area contributed by atoms with Gasteiger partial charge in [0.25, 0.3) is 0 Å². The maximum absolute atomic E-state index is 12.7. The molecule has 5 atom stereocenters. The minimum absolute atomic E-state index is 0. The summed E-state index contributed by atoms with van der Waals surface area (Å²) in [5.41, 5.74) is 0.275. The first-order valence-electron chi connectivity index (χ1n) is 9.41. The summed E-state index contributed by atoms with van der Waals surface area (Å²) in [6.45, 7) is 2.86. The normalized spacial score (nSPS) is 40.5. The number of nitrogens with one attached hydrogen (secondary N) is 2. The zero-order valence-corrected chi connectivity index (χ0v) is 15.0. The van der Waals surface area contributed by atoms with Gasteiger partial charge >= 0.3 is 0 Å². The summed E-state index contributed by atoms with van der Waals surface area (Å²) in [4.78, 5) is 12.7. The zero-order chi connectivity index (χ0) is 15.2. The van der Waals surface area contributed by atoms with Crippen molar-refractivity contribution < 1.29 is 9.53 Å².